The van der Waals surface area contributed by atoms with Crippen molar-refractivity contribution in [2.24, 2.45) is 0 Å². The molecule has 0 aromatic rings. The Kier molecular flexibility index (Phi) is 5.61. The number of hydrogen-bond acceptors (Lipinski definition) is 3. The van der Waals surface area contributed by atoms with Crippen molar-refractivity contribution < 1.29 is 19.5 Å². The normalized spacial score (nSPS) is 10.7. The molecular weight excluding hydrogens is 238 g/mol. The number of carboxylic acid groups (broad SMARTS) is 1. The van der Waals surface area contributed by atoms with Crippen molar-refractivity contribution in [1.29, 1.82) is 0 Å². The van der Waals surface area contributed by atoms with Crippen LogP contribution in [0.3, 0.4) is 0 Å². The number of carboxylic acids is 1. The number of carbonyl (C=O) groups excluding carboxylic acids is 2. The van der Waals surface area contributed by atoms with Gasteiger partial charge in [0.15, 0.2) is 0 Å². The maximum Gasteiger partial charge on any atom is 0.329 e. The summed E-state index contributed by atoms with van der Waals surface area (Å²) in [7, 11) is 4.66. The summed E-state index contributed by atoms with van der Waals surface area (Å²) >= 11 is 0. The fourth-order valence-corrected chi connectivity index (χ4v) is 1.02. The van der Waals surface area contributed by atoms with E-state index < -0.39 is 17.5 Å². The molecule has 0 aromatic heterocycles. The van der Waals surface area contributed by atoms with E-state index in [1.165, 1.54) is 25.8 Å². The van der Waals surface area contributed by atoms with Crippen LogP contribution in [0.25, 0.3) is 0 Å². The summed E-state index contributed by atoms with van der Waals surface area (Å²) in [6.07, 6.45) is 0.181. The van der Waals surface area contributed by atoms with Crippen LogP contribution in [0.2, 0.25) is 0 Å². The highest BCUT2D eigenvalue weighted by molar-refractivity contribution is 5.85. The highest BCUT2D eigenvalue weighted by Gasteiger charge is 2.35. The average Bonchev–Trinajstić information content (AvgIpc) is 2.26. The Balaban J connectivity index is 4.27. The van der Waals surface area contributed by atoms with Gasteiger partial charge < -0.3 is 20.2 Å². The number of amides is 3. The van der Waals surface area contributed by atoms with Gasteiger partial charge in [0.2, 0.25) is 5.91 Å². The van der Waals surface area contributed by atoms with E-state index in [0.29, 0.717) is 0 Å². The molecule has 0 aliphatic carbocycles. The van der Waals surface area contributed by atoms with Crippen LogP contribution in [0.1, 0.15) is 20.3 Å². The van der Waals surface area contributed by atoms with Crippen LogP contribution in [0, 0.1) is 0 Å². The van der Waals surface area contributed by atoms with Gasteiger partial charge in [0.05, 0.1) is 0 Å². The molecule has 3 amide bonds. The quantitative estimate of drug-likeness (QED) is 0.725. The maximum atomic E-state index is 11.7. The standard InChI is InChI=1S/C11H21N3O4/c1-11(2,9(16)17)14(5)10(18)12-7-6-8(15)13(3)4/h6-7H2,1-5H3,(H,12,18)(H,16,17). The third-order valence-electron chi connectivity index (χ3n) is 2.78. The van der Waals surface area contributed by atoms with E-state index in [1.807, 2.05) is 0 Å². The SMILES string of the molecule is CN(C)C(=O)CCNC(=O)N(C)C(C)(C)C(=O)O. The number of urea groups is 1. The van der Waals surface area contributed by atoms with E-state index in [1.54, 1.807) is 14.1 Å². The number of carbonyl (C=O) groups is 3. The Morgan fingerprint density at radius 2 is 1.67 bits per heavy atom. The number of likely N-dealkylation sites (N-methyl/N-ethyl adjacent to an activating group) is 1. The Hall–Kier alpha value is -1.79. The lowest BCUT2D eigenvalue weighted by Crippen LogP contribution is -2.54. The highest BCUT2D eigenvalue weighted by atomic mass is 16.4. The lowest BCUT2D eigenvalue weighted by Gasteiger charge is -2.31. The third kappa shape index (κ3) is 4.23. The Labute approximate surface area is 107 Å². The maximum absolute atomic E-state index is 11.7. The van der Waals surface area contributed by atoms with Gasteiger partial charge in [0, 0.05) is 34.1 Å². The summed E-state index contributed by atoms with van der Waals surface area (Å²) in [4.78, 5) is 36.4. The molecule has 0 aliphatic heterocycles. The van der Waals surface area contributed by atoms with Gasteiger partial charge in [-0.1, -0.05) is 0 Å². The zero-order valence-corrected chi connectivity index (χ0v) is 11.5. The number of nitrogens with one attached hydrogen (secondary N) is 1. The lowest BCUT2D eigenvalue weighted by atomic mass is 10.1. The van der Waals surface area contributed by atoms with Gasteiger partial charge in [-0.2, -0.15) is 0 Å². The predicted octanol–water partition coefficient (Wildman–Crippen LogP) is -0.0307. The molecule has 0 fully saturated rings. The molecule has 0 saturated carbocycles. The summed E-state index contributed by atoms with van der Waals surface area (Å²) in [5.41, 5.74) is -1.30. The molecular formula is C11H21N3O4. The van der Waals surface area contributed by atoms with Gasteiger partial charge in [0.25, 0.3) is 0 Å². The molecule has 0 bridgehead atoms. The van der Waals surface area contributed by atoms with E-state index in [2.05, 4.69) is 5.32 Å². The Bertz CT molecular complexity index is 339. The molecule has 0 atom stereocenters. The van der Waals surface area contributed by atoms with Crippen molar-refractivity contribution in [3.63, 3.8) is 0 Å². The van der Waals surface area contributed by atoms with Gasteiger partial charge in [-0.3, -0.25) is 4.79 Å². The number of aliphatic carboxylic acids is 1. The minimum atomic E-state index is -1.30. The molecule has 0 aromatic carbocycles. The molecule has 18 heavy (non-hydrogen) atoms. The fourth-order valence-electron chi connectivity index (χ4n) is 1.02. The van der Waals surface area contributed by atoms with Crippen molar-refractivity contribution >= 4 is 17.9 Å². The summed E-state index contributed by atoms with van der Waals surface area (Å²) in [5, 5.41) is 11.5. The van der Waals surface area contributed by atoms with Gasteiger partial charge in [-0.25, -0.2) is 9.59 Å². The summed E-state index contributed by atoms with van der Waals surface area (Å²) in [6.45, 7) is 3.04. The summed E-state index contributed by atoms with van der Waals surface area (Å²) < 4.78 is 0. The predicted molar refractivity (Wildman–Crippen MR) is 66.2 cm³/mol. The van der Waals surface area contributed by atoms with Crippen molar-refractivity contribution in [2.75, 3.05) is 27.7 Å². The second-order valence-corrected chi connectivity index (χ2v) is 4.69. The van der Waals surface area contributed by atoms with Crippen molar-refractivity contribution in [2.45, 2.75) is 25.8 Å². The van der Waals surface area contributed by atoms with Gasteiger partial charge in [-0.15, -0.1) is 0 Å². The molecule has 7 heteroatoms. The molecule has 2 N–H and O–H groups in total. The number of hydrogen-bond donors (Lipinski definition) is 2. The first kappa shape index (κ1) is 16.2. The fraction of sp³-hybridized carbons (Fsp3) is 0.727. The third-order valence-corrected chi connectivity index (χ3v) is 2.78. The highest BCUT2D eigenvalue weighted by Crippen LogP contribution is 2.12. The second-order valence-electron chi connectivity index (χ2n) is 4.69. The molecule has 0 spiro atoms. The van der Waals surface area contributed by atoms with E-state index in [9.17, 15) is 14.4 Å². The monoisotopic (exact) mass is 259 g/mol. The lowest BCUT2D eigenvalue weighted by molar-refractivity contribution is -0.147. The number of nitrogens with zero attached hydrogens (tertiary/aromatic N) is 2. The van der Waals surface area contributed by atoms with Crippen LogP contribution in [-0.4, -0.2) is 66.0 Å². The first-order chi connectivity index (χ1) is 8.10. The van der Waals surface area contributed by atoms with Crippen molar-refractivity contribution in [3.8, 4) is 0 Å². The molecule has 0 unspecified atom stereocenters. The molecule has 104 valence electrons. The van der Waals surface area contributed by atoms with Crippen LogP contribution in [0.15, 0.2) is 0 Å². The van der Waals surface area contributed by atoms with Gasteiger partial charge in [-0.05, 0) is 13.8 Å². The van der Waals surface area contributed by atoms with E-state index in [0.717, 1.165) is 4.90 Å². The first-order valence-electron chi connectivity index (χ1n) is 5.56. The summed E-state index contributed by atoms with van der Waals surface area (Å²) in [6, 6.07) is -0.519. The smallest absolute Gasteiger partial charge is 0.329 e. The van der Waals surface area contributed by atoms with Crippen molar-refractivity contribution in [3.05, 3.63) is 0 Å². The van der Waals surface area contributed by atoms with Crippen LogP contribution in [-0.2, 0) is 9.59 Å². The van der Waals surface area contributed by atoms with E-state index in [4.69, 9.17) is 5.11 Å². The zero-order valence-electron chi connectivity index (χ0n) is 11.5. The van der Waals surface area contributed by atoms with Crippen LogP contribution in [0.4, 0.5) is 4.79 Å². The van der Waals surface area contributed by atoms with Gasteiger partial charge in [0.1, 0.15) is 5.54 Å². The minimum Gasteiger partial charge on any atom is -0.480 e. The molecule has 0 saturated heterocycles. The number of rotatable bonds is 5. The second kappa shape index (κ2) is 6.23. The minimum absolute atomic E-state index is 0.101. The average molecular weight is 259 g/mol. The zero-order chi connectivity index (χ0) is 14.5. The van der Waals surface area contributed by atoms with Gasteiger partial charge >= 0.3 is 12.0 Å². The topological polar surface area (TPSA) is 90.0 Å². The van der Waals surface area contributed by atoms with Crippen LogP contribution in [0.5, 0.6) is 0 Å². The van der Waals surface area contributed by atoms with Crippen LogP contribution < -0.4 is 5.32 Å². The van der Waals surface area contributed by atoms with E-state index in [-0.39, 0.29) is 18.9 Å². The molecule has 7 nitrogen and oxygen atoms in total. The summed E-state index contributed by atoms with van der Waals surface area (Å²) in [5.74, 6) is -1.19. The molecule has 0 aliphatic rings. The van der Waals surface area contributed by atoms with Crippen LogP contribution >= 0.6 is 0 Å². The largest absolute Gasteiger partial charge is 0.480 e. The molecule has 0 radical (unpaired) electrons. The van der Waals surface area contributed by atoms with Crippen molar-refractivity contribution in [1.82, 2.24) is 15.1 Å². The first-order valence-corrected chi connectivity index (χ1v) is 5.56. The Morgan fingerprint density at radius 3 is 2.06 bits per heavy atom. The molecule has 0 heterocycles. The molecule has 0 rings (SSSR count). The van der Waals surface area contributed by atoms with E-state index >= 15 is 0 Å². The Morgan fingerprint density at radius 1 is 1.17 bits per heavy atom.